The third kappa shape index (κ3) is 6.39. The molecule has 0 atom stereocenters. The second-order valence-electron chi connectivity index (χ2n) is 7.87. The van der Waals surface area contributed by atoms with E-state index in [2.05, 4.69) is 90.1 Å². The highest BCUT2D eigenvalue weighted by molar-refractivity contribution is 6.02. The molecule has 0 unspecified atom stereocenters. The first-order valence-electron chi connectivity index (χ1n) is 11.3. The quantitative estimate of drug-likeness (QED) is 0.592. The third-order valence-electron chi connectivity index (χ3n) is 5.80. The molecule has 0 spiro atoms. The molecule has 3 rings (SSSR count). The molecule has 0 aromatic heterocycles. The maximum Gasteiger partial charge on any atom is 0.199 e. The Morgan fingerprint density at radius 2 is 1.68 bits per heavy atom. The number of anilines is 1. The molecular weight excluding hydrogens is 384 g/mol. The zero-order valence-electron chi connectivity index (χ0n) is 18.8. The first-order valence-corrected chi connectivity index (χ1v) is 11.3. The topological polar surface area (TPSA) is 46.7 Å². The van der Waals surface area contributed by atoms with Gasteiger partial charge in [0.1, 0.15) is 13.2 Å². The van der Waals surface area contributed by atoms with E-state index in [1.54, 1.807) is 0 Å². The summed E-state index contributed by atoms with van der Waals surface area (Å²) >= 11 is 0. The van der Waals surface area contributed by atoms with Crippen molar-refractivity contribution in [2.24, 2.45) is 0 Å². The summed E-state index contributed by atoms with van der Waals surface area (Å²) in [5.74, 6) is 0. The van der Waals surface area contributed by atoms with Gasteiger partial charge < -0.3 is 15.1 Å². The number of nitrogens with zero attached hydrogens (tertiary/aromatic N) is 2. The predicted octanol–water partition coefficient (Wildman–Crippen LogP) is 4.13. The lowest BCUT2D eigenvalue weighted by molar-refractivity contribution is -0.525. The SMILES string of the molecule is CCN(CCO)c1ccc(/C=C2/C=C(C=C3C=CC(=[N+](CC)CCO)C=C3)CC2)cc1. The van der Waals surface area contributed by atoms with Crippen molar-refractivity contribution in [2.75, 3.05) is 44.3 Å². The van der Waals surface area contributed by atoms with Crippen molar-refractivity contribution in [3.63, 3.8) is 0 Å². The summed E-state index contributed by atoms with van der Waals surface area (Å²) < 4.78 is 2.17. The van der Waals surface area contributed by atoms with Crippen LogP contribution in [0, 0.1) is 0 Å². The molecule has 2 N–H and O–H groups in total. The summed E-state index contributed by atoms with van der Waals surface area (Å²) in [5, 5.41) is 18.4. The van der Waals surface area contributed by atoms with E-state index >= 15 is 0 Å². The second-order valence-corrected chi connectivity index (χ2v) is 7.87. The van der Waals surface area contributed by atoms with Crippen molar-refractivity contribution in [3.8, 4) is 0 Å². The zero-order chi connectivity index (χ0) is 22.1. The minimum atomic E-state index is 0.173. The van der Waals surface area contributed by atoms with Crippen LogP contribution in [0.15, 0.2) is 77.4 Å². The van der Waals surface area contributed by atoms with Crippen molar-refractivity contribution in [2.45, 2.75) is 26.7 Å². The first kappa shape index (κ1) is 23.0. The lowest BCUT2D eigenvalue weighted by atomic mass is 10.0. The minimum absolute atomic E-state index is 0.173. The van der Waals surface area contributed by atoms with Gasteiger partial charge in [-0.1, -0.05) is 30.4 Å². The number of aliphatic hydroxyl groups is 2. The van der Waals surface area contributed by atoms with Crippen LogP contribution in [0.5, 0.6) is 0 Å². The summed E-state index contributed by atoms with van der Waals surface area (Å²) in [6.07, 6.45) is 17.5. The Labute approximate surface area is 186 Å². The molecule has 4 nitrogen and oxygen atoms in total. The highest BCUT2D eigenvalue weighted by atomic mass is 16.3. The van der Waals surface area contributed by atoms with Gasteiger partial charge in [0.25, 0.3) is 0 Å². The largest absolute Gasteiger partial charge is 0.395 e. The molecule has 1 aromatic rings. The van der Waals surface area contributed by atoms with E-state index < -0.39 is 0 Å². The normalized spacial score (nSPS) is 16.8. The van der Waals surface area contributed by atoms with Gasteiger partial charge in [0, 0.05) is 30.9 Å². The maximum atomic E-state index is 9.20. The van der Waals surface area contributed by atoms with Crippen molar-refractivity contribution in [3.05, 3.63) is 83.0 Å². The molecule has 2 aliphatic rings. The Bertz CT molecular complexity index is 912. The Morgan fingerprint density at radius 1 is 0.935 bits per heavy atom. The Balaban J connectivity index is 1.67. The van der Waals surface area contributed by atoms with E-state index in [4.69, 9.17) is 0 Å². The Kier molecular flexibility index (Phi) is 8.63. The van der Waals surface area contributed by atoms with Gasteiger partial charge >= 0.3 is 0 Å². The molecular formula is C27H35N2O2+. The predicted molar refractivity (Wildman–Crippen MR) is 131 cm³/mol. The highest BCUT2D eigenvalue weighted by Gasteiger charge is 2.12. The van der Waals surface area contributed by atoms with Crippen LogP contribution in [-0.2, 0) is 0 Å². The van der Waals surface area contributed by atoms with Gasteiger partial charge in [-0.3, -0.25) is 0 Å². The number of benzene rings is 1. The number of hydrogen-bond donors (Lipinski definition) is 2. The van der Waals surface area contributed by atoms with Gasteiger partial charge in [-0.15, -0.1) is 0 Å². The van der Waals surface area contributed by atoms with Gasteiger partial charge in [-0.05, 0) is 73.3 Å². The molecule has 31 heavy (non-hydrogen) atoms. The fourth-order valence-corrected chi connectivity index (χ4v) is 4.07. The number of hydrogen-bond acceptors (Lipinski definition) is 3. The minimum Gasteiger partial charge on any atom is -0.395 e. The average molecular weight is 420 g/mol. The summed E-state index contributed by atoms with van der Waals surface area (Å²) in [6.45, 7) is 7.67. The van der Waals surface area contributed by atoms with Crippen molar-refractivity contribution < 1.29 is 14.8 Å². The van der Waals surface area contributed by atoms with E-state index in [0.717, 1.165) is 37.3 Å². The zero-order valence-corrected chi connectivity index (χ0v) is 18.8. The van der Waals surface area contributed by atoms with Crippen molar-refractivity contribution in [1.82, 2.24) is 0 Å². The fourth-order valence-electron chi connectivity index (χ4n) is 4.07. The van der Waals surface area contributed by atoms with E-state index in [-0.39, 0.29) is 13.2 Å². The molecule has 0 aliphatic heterocycles. The van der Waals surface area contributed by atoms with E-state index in [0.29, 0.717) is 13.1 Å². The number of allylic oxidation sites excluding steroid dienone is 9. The molecule has 4 heteroatoms. The standard InChI is InChI=1S/C27H35N2O2/c1-3-28(15-17-30)26-11-7-22(8-12-26)19-24-5-6-25(21-24)20-23-9-13-27(14-10-23)29(4-2)16-18-31/h7-14,19-21,30-31H,3-6,15-18H2,1-2H3/q+1. The Hall–Kier alpha value is -2.69. The first-order chi connectivity index (χ1) is 15.2. The van der Waals surface area contributed by atoms with Crippen LogP contribution in [-0.4, -0.2) is 59.9 Å². The smallest absolute Gasteiger partial charge is 0.199 e. The third-order valence-corrected chi connectivity index (χ3v) is 5.80. The van der Waals surface area contributed by atoms with Crippen molar-refractivity contribution >= 4 is 17.5 Å². The molecule has 0 fully saturated rings. The second kappa shape index (κ2) is 11.6. The molecule has 0 saturated heterocycles. The van der Waals surface area contributed by atoms with Crippen molar-refractivity contribution in [1.29, 1.82) is 0 Å². The lowest BCUT2D eigenvalue weighted by Gasteiger charge is -2.21. The maximum absolute atomic E-state index is 9.20. The van der Waals surface area contributed by atoms with Crippen LogP contribution in [0.25, 0.3) is 6.08 Å². The number of likely N-dealkylation sites (N-methyl/N-ethyl adjacent to an activating group) is 2. The monoisotopic (exact) mass is 419 g/mol. The molecule has 0 heterocycles. The van der Waals surface area contributed by atoms with Gasteiger partial charge in [-0.25, -0.2) is 4.58 Å². The number of aliphatic hydroxyl groups excluding tert-OH is 2. The van der Waals surface area contributed by atoms with Crippen LogP contribution in [0.4, 0.5) is 5.69 Å². The molecule has 0 radical (unpaired) electrons. The molecule has 1 aromatic carbocycles. The van der Waals surface area contributed by atoms with Crippen LogP contribution >= 0.6 is 0 Å². The molecule has 2 aliphatic carbocycles. The molecule has 0 saturated carbocycles. The lowest BCUT2D eigenvalue weighted by Crippen LogP contribution is -2.25. The van der Waals surface area contributed by atoms with Gasteiger partial charge in [0.05, 0.1) is 6.61 Å². The summed E-state index contributed by atoms with van der Waals surface area (Å²) in [7, 11) is 0. The molecule has 0 bridgehead atoms. The highest BCUT2D eigenvalue weighted by Crippen LogP contribution is 2.28. The van der Waals surface area contributed by atoms with Crippen LogP contribution in [0.3, 0.4) is 0 Å². The van der Waals surface area contributed by atoms with E-state index in [1.807, 2.05) is 0 Å². The van der Waals surface area contributed by atoms with Gasteiger partial charge in [-0.2, -0.15) is 0 Å². The molecule has 164 valence electrons. The summed E-state index contributed by atoms with van der Waals surface area (Å²) in [5.41, 5.74) is 7.45. The fraction of sp³-hybridized carbons (Fsp3) is 0.370. The van der Waals surface area contributed by atoms with Crippen LogP contribution in [0.2, 0.25) is 0 Å². The van der Waals surface area contributed by atoms with Gasteiger partial charge in [0.15, 0.2) is 12.3 Å². The average Bonchev–Trinajstić information content (AvgIpc) is 3.23. The van der Waals surface area contributed by atoms with Crippen LogP contribution < -0.4 is 4.90 Å². The van der Waals surface area contributed by atoms with E-state index in [9.17, 15) is 10.2 Å². The Morgan fingerprint density at radius 3 is 2.29 bits per heavy atom. The number of rotatable bonds is 9. The summed E-state index contributed by atoms with van der Waals surface area (Å²) in [6, 6.07) is 8.58. The van der Waals surface area contributed by atoms with Gasteiger partial charge in [0.2, 0.25) is 0 Å². The molecule has 0 amide bonds. The van der Waals surface area contributed by atoms with Crippen LogP contribution in [0.1, 0.15) is 32.3 Å². The van der Waals surface area contributed by atoms with E-state index in [1.165, 1.54) is 22.3 Å². The summed E-state index contributed by atoms with van der Waals surface area (Å²) in [4.78, 5) is 2.17.